The predicted molar refractivity (Wildman–Crippen MR) is 105 cm³/mol. The lowest BCUT2D eigenvalue weighted by atomic mass is 10.1. The van der Waals surface area contributed by atoms with Crippen LogP contribution in [-0.2, 0) is 26.0 Å². The molecule has 1 fully saturated rings. The van der Waals surface area contributed by atoms with Gasteiger partial charge in [0.2, 0.25) is 10.0 Å². The van der Waals surface area contributed by atoms with Crippen molar-refractivity contribution in [2.45, 2.75) is 37.1 Å². The molecule has 1 N–H and O–H groups in total. The van der Waals surface area contributed by atoms with Crippen LogP contribution >= 0.6 is 0 Å². The second kappa shape index (κ2) is 8.79. The van der Waals surface area contributed by atoms with E-state index in [0.717, 1.165) is 18.4 Å². The minimum absolute atomic E-state index is 0.0257. The van der Waals surface area contributed by atoms with E-state index in [-0.39, 0.29) is 22.8 Å². The van der Waals surface area contributed by atoms with Crippen molar-refractivity contribution in [1.29, 1.82) is 0 Å². The van der Waals surface area contributed by atoms with Crippen LogP contribution in [0.1, 0.15) is 34.7 Å². The molecule has 9 heteroatoms. The number of carbonyl (C=O) groups excluding carboxylic acids is 2. The number of carbonyl (C=O) groups is 2. The van der Waals surface area contributed by atoms with Crippen molar-refractivity contribution in [3.05, 3.63) is 53.5 Å². The molecule has 0 aliphatic carbocycles. The molecular formula is C20H24N2O6S. The molecule has 156 valence electrons. The number of sulfonamides is 1. The Morgan fingerprint density at radius 3 is 2.48 bits per heavy atom. The third-order valence-corrected chi connectivity index (χ3v) is 6.86. The number of nitrogens with one attached hydrogen (secondary N) is 1. The highest BCUT2D eigenvalue weighted by Crippen LogP contribution is 2.26. The normalized spacial score (nSPS) is 15.8. The van der Waals surface area contributed by atoms with Gasteiger partial charge in [-0.15, -0.1) is 0 Å². The van der Waals surface area contributed by atoms with Crippen LogP contribution in [0.25, 0.3) is 0 Å². The summed E-state index contributed by atoms with van der Waals surface area (Å²) in [5.41, 5.74) is 0.844. The predicted octanol–water partition coefficient (Wildman–Crippen LogP) is 1.89. The van der Waals surface area contributed by atoms with Gasteiger partial charge in [-0.25, -0.2) is 13.2 Å². The van der Waals surface area contributed by atoms with E-state index in [1.807, 2.05) is 30.3 Å². The molecule has 1 atom stereocenters. The van der Waals surface area contributed by atoms with Crippen molar-refractivity contribution >= 4 is 21.9 Å². The number of methoxy groups -OCH3 is 1. The van der Waals surface area contributed by atoms with Crippen LogP contribution in [0.15, 0.2) is 45.7 Å². The molecule has 0 spiro atoms. The van der Waals surface area contributed by atoms with Crippen molar-refractivity contribution in [3.63, 3.8) is 0 Å². The lowest BCUT2D eigenvalue weighted by molar-refractivity contribution is -0.142. The van der Waals surface area contributed by atoms with E-state index < -0.39 is 27.9 Å². The maximum atomic E-state index is 12.8. The number of hydrogen-bond donors (Lipinski definition) is 1. The Balaban J connectivity index is 1.79. The molecule has 8 nitrogen and oxygen atoms in total. The first kappa shape index (κ1) is 21.1. The number of aryl methyl sites for hydroxylation is 1. The zero-order valence-electron chi connectivity index (χ0n) is 16.4. The summed E-state index contributed by atoms with van der Waals surface area (Å²) in [7, 11) is -2.47. The van der Waals surface area contributed by atoms with Gasteiger partial charge in [0, 0.05) is 25.6 Å². The molecule has 1 aromatic heterocycles. The van der Waals surface area contributed by atoms with Crippen molar-refractivity contribution in [2.24, 2.45) is 0 Å². The van der Waals surface area contributed by atoms with E-state index in [1.54, 1.807) is 0 Å². The highest BCUT2D eigenvalue weighted by atomic mass is 32.2. The van der Waals surface area contributed by atoms with Crippen LogP contribution in [0, 0.1) is 6.92 Å². The van der Waals surface area contributed by atoms with E-state index >= 15 is 0 Å². The molecule has 0 unspecified atom stereocenters. The fraction of sp³-hybridized carbons (Fsp3) is 0.400. The Morgan fingerprint density at radius 2 is 1.86 bits per heavy atom. The van der Waals surface area contributed by atoms with Crippen LogP contribution in [0.5, 0.6) is 0 Å². The Morgan fingerprint density at radius 1 is 1.21 bits per heavy atom. The first-order chi connectivity index (χ1) is 13.8. The molecule has 1 aliphatic heterocycles. The standard InChI is InChI=1S/C20H24N2O6S/c1-14-18(29(25,26)22-10-6-7-11-22)13-17(28-14)19(23)21-16(20(24)27-2)12-15-8-4-3-5-9-15/h3-5,8-9,13,16H,6-7,10-12H2,1-2H3,(H,21,23)/t16-/m0/s1. The molecule has 1 amide bonds. The van der Waals surface area contributed by atoms with Gasteiger partial charge in [-0.3, -0.25) is 4.79 Å². The molecule has 0 saturated carbocycles. The van der Waals surface area contributed by atoms with Gasteiger partial charge in [0.15, 0.2) is 5.76 Å². The summed E-state index contributed by atoms with van der Waals surface area (Å²) in [5.74, 6) is -1.31. The summed E-state index contributed by atoms with van der Waals surface area (Å²) in [4.78, 5) is 24.8. The van der Waals surface area contributed by atoms with Gasteiger partial charge < -0.3 is 14.5 Å². The second-order valence-electron chi connectivity index (χ2n) is 6.88. The van der Waals surface area contributed by atoms with Crippen LogP contribution in [0.3, 0.4) is 0 Å². The highest BCUT2D eigenvalue weighted by molar-refractivity contribution is 7.89. The molecule has 2 aromatic rings. The number of benzene rings is 1. The van der Waals surface area contributed by atoms with Crippen LogP contribution in [0.2, 0.25) is 0 Å². The molecule has 2 heterocycles. The Bertz CT molecular complexity index is 978. The average Bonchev–Trinajstić information content (AvgIpc) is 3.38. The van der Waals surface area contributed by atoms with Crippen molar-refractivity contribution < 1.29 is 27.2 Å². The minimum Gasteiger partial charge on any atom is -0.467 e. The van der Waals surface area contributed by atoms with E-state index in [4.69, 9.17) is 9.15 Å². The van der Waals surface area contributed by atoms with Gasteiger partial charge in [0.1, 0.15) is 16.7 Å². The smallest absolute Gasteiger partial charge is 0.328 e. The molecule has 1 aromatic carbocycles. The lowest BCUT2D eigenvalue weighted by Crippen LogP contribution is -2.43. The molecule has 29 heavy (non-hydrogen) atoms. The van der Waals surface area contributed by atoms with E-state index in [9.17, 15) is 18.0 Å². The monoisotopic (exact) mass is 420 g/mol. The van der Waals surface area contributed by atoms with Gasteiger partial charge in [-0.05, 0) is 25.3 Å². The second-order valence-corrected chi connectivity index (χ2v) is 8.79. The Kier molecular flexibility index (Phi) is 6.39. The van der Waals surface area contributed by atoms with Gasteiger partial charge in [0.05, 0.1) is 7.11 Å². The number of hydrogen-bond acceptors (Lipinski definition) is 6. The number of rotatable bonds is 7. The van der Waals surface area contributed by atoms with Gasteiger partial charge in [-0.2, -0.15) is 4.31 Å². The number of nitrogens with zero attached hydrogens (tertiary/aromatic N) is 1. The maximum Gasteiger partial charge on any atom is 0.328 e. The number of ether oxygens (including phenoxy) is 1. The maximum absolute atomic E-state index is 12.8. The van der Waals surface area contributed by atoms with E-state index in [1.165, 1.54) is 24.4 Å². The molecular weight excluding hydrogens is 396 g/mol. The van der Waals surface area contributed by atoms with Gasteiger partial charge in [0.25, 0.3) is 5.91 Å². The Hall–Kier alpha value is -2.65. The molecule has 0 radical (unpaired) electrons. The minimum atomic E-state index is -3.71. The number of furan rings is 1. The third kappa shape index (κ3) is 4.68. The molecule has 0 bridgehead atoms. The van der Waals surface area contributed by atoms with Crippen LogP contribution < -0.4 is 5.32 Å². The van der Waals surface area contributed by atoms with Crippen molar-refractivity contribution in [3.8, 4) is 0 Å². The zero-order valence-corrected chi connectivity index (χ0v) is 17.2. The summed E-state index contributed by atoms with van der Waals surface area (Å²) >= 11 is 0. The summed E-state index contributed by atoms with van der Waals surface area (Å²) < 4.78 is 37.1. The quantitative estimate of drug-likeness (QED) is 0.686. The van der Waals surface area contributed by atoms with Crippen molar-refractivity contribution in [1.82, 2.24) is 9.62 Å². The first-order valence-corrected chi connectivity index (χ1v) is 10.8. The van der Waals surface area contributed by atoms with E-state index in [0.29, 0.717) is 13.1 Å². The van der Waals surface area contributed by atoms with Gasteiger partial charge >= 0.3 is 5.97 Å². The fourth-order valence-corrected chi connectivity index (χ4v) is 4.99. The zero-order chi connectivity index (χ0) is 21.0. The topological polar surface area (TPSA) is 106 Å². The van der Waals surface area contributed by atoms with Gasteiger partial charge in [-0.1, -0.05) is 30.3 Å². The van der Waals surface area contributed by atoms with E-state index in [2.05, 4.69) is 5.32 Å². The van der Waals surface area contributed by atoms with Crippen LogP contribution in [-0.4, -0.2) is 50.8 Å². The Labute approximate surface area is 169 Å². The molecule has 1 saturated heterocycles. The summed E-state index contributed by atoms with van der Waals surface area (Å²) in [6.45, 7) is 2.41. The summed E-state index contributed by atoms with van der Waals surface area (Å²) in [5, 5.41) is 2.58. The SMILES string of the molecule is COC(=O)[C@H](Cc1ccccc1)NC(=O)c1cc(S(=O)(=O)N2CCCC2)c(C)o1. The molecule has 1 aliphatic rings. The first-order valence-electron chi connectivity index (χ1n) is 9.36. The largest absolute Gasteiger partial charge is 0.467 e. The summed E-state index contributed by atoms with van der Waals surface area (Å²) in [6.07, 6.45) is 1.85. The fourth-order valence-electron chi connectivity index (χ4n) is 3.32. The lowest BCUT2D eigenvalue weighted by Gasteiger charge is -2.16. The van der Waals surface area contributed by atoms with Crippen LogP contribution in [0.4, 0.5) is 0 Å². The average molecular weight is 420 g/mol. The number of esters is 1. The number of amides is 1. The highest BCUT2D eigenvalue weighted by Gasteiger charge is 2.32. The molecule has 3 rings (SSSR count). The van der Waals surface area contributed by atoms with Crippen molar-refractivity contribution in [2.75, 3.05) is 20.2 Å². The third-order valence-electron chi connectivity index (χ3n) is 4.85. The summed E-state index contributed by atoms with van der Waals surface area (Å²) in [6, 6.07) is 9.46.